The van der Waals surface area contributed by atoms with Crippen molar-refractivity contribution in [1.29, 1.82) is 0 Å². The van der Waals surface area contributed by atoms with E-state index in [2.05, 4.69) is 10.2 Å². The molecule has 0 aliphatic carbocycles. The summed E-state index contributed by atoms with van der Waals surface area (Å²) in [4.78, 5) is 27.3. The van der Waals surface area contributed by atoms with Gasteiger partial charge in [-0.15, -0.1) is 0 Å². The third-order valence-electron chi connectivity index (χ3n) is 5.24. The van der Waals surface area contributed by atoms with Crippen molar-refractivity contribution >= 4 is 16.9 Å². The van der Waals surface area contributed by atoms with Crippen LogP contribution >= 0.6 is 0 Å². The molecule has 0 saturated carbocycles. The van der Waals surface area contributed by atoms with Crippen molar-refractivity contribution in [3.63, 3.8) is 0 Å². The summed E-state index contributed by atoms with van der Waals surface area (Å²) in [5.74, 6) is 1.32. The van der Waals surface area contributed by atoms with E-state index < -0.39 is 5.91 Å². The predicted octanol–water partition coefficient (Wildman–Crippen LogP) is 3.57. The lowest BCUT2D eigenvalue weighted by Gasteiger charge is -2.26. The van der Waals surface area contributed by atoms with Crippen LogP contribution in [0.3, 0.4) is 0 Å². The average molecular weight is 380 g/mol. The summed E-state index contributed by atoms with van der Waals surface area (Å²) in [7, 11) is 0. The molecular weight excluding hydrogens is 356 g/mol. The first kappa shape index (κ1) is 18.5. The van der Waals surface area contributed by atoms with Crippen molar-refractivity contribution in [3.8, 4) is 0 Å². The second-order valence-corrected chi connectivity index (χ2v) is 7.39. The smallest absolute Gasteiger partial charge is 0.287 e. The van der Waals surface area contributed by atoms with E-state index in [0.717, 1.165) is 43.0 Å². The molecule has 2 aromatic heterocycles. The summed E-state index contributed by atoms with van der Waals surface area (Å²) in [6.45, 7) is 6.17. The van der Waals surface area contributed by atoms with Crippen molar-refractivity contribution in [2.45, 2.75) is 32.7 Å². The number of fused-ring (bicyclic) bond motifs is 1. The number of hydrogen-bond acceptors (Lipinski definition) is 5. The number of furan rings is 1. The highest BCUT2D eigenvalue weighted by Gasteiger charge is 2.27. The van der Waals surface area contributed by atoms with Gasteiger partial charge in [-0.3, -0.25) is 14.5 Å². The van der Waals surface area contributed by atoms with E-state index in [1.54, 1.807) is 12.1 Å². The summed E-state index contributed by atoms with van der Waals surface area (Å²) < 4.78 is 11.5. The van der Waals surface area contributed by atoms with Crippen LogP contribution in [0.15, 0.2) is 50.0 Å². The lowest BCUT2D eigenvalue weighted by Crippen LogP contribution is -2.36. The van der Waals surface area contributed by atoms with Gasteiger partial charge in [0.05, 0.1) is 11.4 Å². The molecule has 1 aliphatic rings. The van der Waals surface area contributed by atoms with E-state index in [-0.39, 0.29) is 17.2 Å². The minimum absolute atomic E-state index is 0.0268. The van der Waals surface area contributed by atoms with Gasteiger partial charge in [-0.25, -0.2) is 0 Å². The van der Waals surface area contributed by atoms with Crippen molar-refractivity contribution in [2.75, 3.05) is 19.6 Å². The Morgan fingerprint density at radius 3 is 2.61 bits per heavy atom. The molecule has 1 fully saturated rings. The fourth-order valence-corrected chi connectivity index (χ4v) is 3.75. The second kappa shape index (κ2) is 7.64. The molecule has 3 aromatic rings. The highest BCUT2D eigenvalue weighted by molar-refractivity contribution is 5.93. The molecule has 6 nitrogen and oxygen atoms in total. The van der Waals surface area contributed by atoms with Crippen molar-refractivity contribution in [2.24, 2.45) is 0 Å². The van der Waals surface area contributed by atoms with Gasteiger partial charge in [-0.05, 0) is 69.6 Å². The second-order valence-electron chi connectivity index (χ2n) is 7.39. The van der Waals surface area contributed by atoms with Crippen LogP contribution < -0.4 is 10.7 Å². The number of nitrogens with one attached hydrogen (secondary N) is 1. The van der Waals surface area contributed by atoms with E-state index in [4.69, 9.17) is 8.83 Å². The maximum atomic E-state index is 12.7. The largest absolute Gasteiger partial charge is 0.465 e. The summed E-state index contributed by atoms with van der Waals surface area (Å²) in [6.07, 6.45) is 2.28. The summed E-state index contributed by atoms with van der Waals surface area (Å²) in [5.41, 5.74) is 1.18. The van der Waals surface area contributed by atoms with Crippen LogP contribution in [0.2, 0.25) is 0 Å². The molecule has 0 bridgehead atoms. The number of rotatable bonds is 5. The quantitative estimate of drug-likeness (QED) is 0.732. The fraction of sp³-hybridized carbons (Fsp3) is 0.364. The lowest BCUT2D eigenvalue weighted by atomic mass is 10.1. The van der Waals surface area contributed by atoms with Crippen LogP contribution in [0, 0.1) is 13.8 Å². The molecule has 0 radical (unpaired) electrons. The highest BCUT2D eigenvalue weighted by Crippen LogP contribution is 2.26. The number of likely N-dealkylation sites (tertiary alicyclic amines) is 1. The number of nitrogens with zero attached hydrogens (tertiary/aromatic N) is 1. The average Bonchev–Trinajstić information content (AvgIpc) is 3.33. The van der Waals surface area contributed by atoms with Crippen molar-refractivity contribution in [3.05, 3.63) is 69.5 Å². The van der Waals surface area contributed by atoms with E-state index in [0.29, 0.717) is 17.5 Å². The van der Waals surface area contributed by atoms with Gasteiger partial charge in [0.2, 0.25) is 0 Å². The van der Waals surface area contributed by atoms with Gasteiger partial charge in [-0.2, -0.15) is 0 Å². The Labute approximate surface area is 163 Å². The predicted molar refractivity (Wildman–Crippen MR) is 107 cm³/mol. The molecule has 1 saturated heterocycles. The molecule has 1 atom stereocenters. The molecule has 1 amide bonds. The molecular formula is C22H24N2O4. The standard InChI is InChI=1S/C22H24N2O4/c1-14-5-7-16-18(25)12-21(28-20(16)11-14)22(26)23-13-17(24-9-3-4-10-24)19-8-6-15(2)27-19/h5-8,11-12,17H,3-4,9-10,13H2,1-2H3,(H,23,26). The number of benzene rings is 1. The Bertz CT molecular complexity index is 1060. The van der Waals surface area contributed by atoms with Gasteiger partial charge < -0.3 is 14.2 Å². The van der Waals surface area contributed by atoms with Crippen LogP contribution in [0.25, 0.3) is 11.0 Å². The van der Waals surface area contributed by atoms with Crippen molar-refractivity contribution < 1.29 is 13.6 Å². The summed E-state index contributed by atoms with van der Waals surface area (Å²) in [6, 6.07) is 10.5. The van der Waals surface area contributed by atoms with Crippen LogP contribution in [-0.2, 0) is 0 Å². The number of carbonyl (C=O) groups is 1. The van der Waals surface area contributed by atoms with E-state index in [1.807, 2.05) is 32.0 Å². The summed E-state index contributed by atoms with van der Waals surface area (Å²) >= 11 is 0. The molecule has 146 valence electrons. The SMILES string of the molecule is Cc1ccc2c(=O)cc(C(=O)NCC(c3ccc(C)o3)N3CCCC3)oc2c1. The number of amides is 1. The van der Waals surface area contributed by atoms with Crippen LogP contribution in [0.5, 0.6) is 0 Å². The van der Waals surface area contributed by atoms with Gasteiger partial charge in [0.25, 0.3) is 5.91 Å². The van der Waals surface area contributed by atoms with E-state index >= 15 is 0 Å². The Kier molecular flexibility index (Phi) is 5.05. The molecule has 3 heterocycles. The van der Waals surface area contributed by atoms with Gasteiger partial charge in [0.15, 0.2) is 11.2 Å². The molecule has 1 aliphatic heterocycles. The number of hydrogen-bond donors (Lipinski definition) is 1. The lowest BCUT2D eigenvalue weighted by molar-refractivity contribution is 0.0906. The van der Waals surface area contributed by atoms with Gasteiger partial charge in [-0.1, -0.05) is 6.07 Å². The Hall–Kier alpha value is -2.86. The zero-order chi connectivity index (χ0) is 19.7. The maximum Gasteiger partial charge on any atom is 0.287 e. The molecule has 1 unspecified atom stereocenters. The Morgan fingerprint density at radius 1 is 1.11 bits per heavy atom. The number of aryl methyl sites for hydroxylation is 2. The minimum Gasteiger partial charge on any atom is -0.465 e. The Balaban J connectivity index is 1.55. The first-order valence-electron chi connectivity index (χ1n) is 9.64. The van der Waals surface area contributed by atoms with E-state index in [1.165, 1.54) is 6.07 Å². The third-order valence-corrected chi connectivity index (χ3v) is 5.24. The maximum absolute atomic E-state index is 12.7. The molecule has 1 aromatic carbocycles. The van der Waals surface area contributed by atoms with Gasteiger partial charge in [0, 0.05) is 12.6 Å². The third kappa shape index (κ3) is 3.73. The first-order chi connectivity index (χ1) is 13.5. The molecule has 28 heavy (non-hydrogen) atoms. The minimum atomic E-state index is -0.395. The molecule has 6 heteroatoms. The molecule has 1 N–H and O–H groups in total. The van der Waals surface area contributed by atoms with E-state index in [9.17, 15) is 9.59 Å². The van der Waals surface area contributed by atoms with Crippen LogP contribution in [-0.4, -0.2) is 30.4 Å². The van der Waals surface area contributed by atoms with Gasteiger partial charge >= 0.3 is 0 Å². The van der Waals surface area contributed by atoms with Crippen LogP contribution in [0.4, 0.5) is 0 Å². The van der Waals surface area contributed by atoms with Crippen molar-refractivity contribution in [1.82, 2.24) is 10.2 Å². The normalized spacial score (nSPS) is 15.8. The zero-order valence-corrected chi connectivity index (χ0v) is 16.2. The summed E-state index contributed by atoms with van der Waals surface area (Å²) in [5, 5.41) is 3.39. The number of carbonyl (C=O) groups excluding carboxylic acids is 1. The molecule has 4 rings (SSSR count). The molecule has 0 spiro atoms. The van der Waals surface area contributed by atoms with Gasteiger partial charge in [0.1, 0.15) is 17.1 Å². The fourth-order valence-electron chi connectivity index (χ4n) is 3.75. The van der Waals surface area contributed by atoms with Crippen LogP contribution in [0.1, 0.15) is 46.5 Å². The highest BCUT2D eigenvalue weighted by atomic mass is 16.3. The zero-order valence-electron chi connectivity index (χ0n) is 16.2. The Morgan fingerprint density at radius 2 is 1.89 bits per heavy atom. The first-order valence-corrected chi connectivity index (χ1v) is 9.64. The monoisotopic (exact) mass is 380 g/mol. The topological polar surface area (TPSA) is 75.7 Å².